The third-order valence-electron chi connectivity index (χ3n) is 4.73. The van der Waals surface area contributed by atoms with Crippen LogP contribution in [0.4, 0.5) is 5.69 Å². The number of amides is 1. The number of anilines is 1. The van der Waals surface area contributed by atoms with Gasteiger partial charge < -0.3 is 10.1 Å². The Morgan fingerprint density at radius 1 is 1.03 bits per heavy atom. The SMILES string of the molecule is CCOc1ccc(S(=O)(=O)NC(Cc2ccccc2)C(=O)Nc2ccc(C)cc2)cc1Cl. The number of halogens is 1. The van der Waals surface area contributed by atoms with Crippen molar-refractivity contribution in [2.24, 2.45) is 0 Å². The Kier molecular flexibility index (Phi) is 7.90. The van der Waals surface area contributed by atoms with E-state index in [1.807, 2.05) is 56.3 Å². The van der Waals surface area contributed by atoms with Crippen LogP contribution in [0.15, 0.2) is 77.7 Å². The molecule has 0 aliphatic heterocycles. The van der Waals surface area contributed by atoms with E-state index < -0.39 is 22.0 Å². The van der Waals surface area contributed by atoms with Gasteiger partial charge in [0.15, 0.2) is 0 Å². The number of nitrogens with one attached hydrogen (secondary N) is 2. The highest BCUT2D eigenvalue weighted by atomic mass is 35.5. The largest absolute Gasteiger partial charge is 0.492 e. The Hall–Kier alpha value is -2.87. The van der Waals surface area contributed by atoms with Crippen molar-refractivity contribution in [1.29, 1.82) is 0 Å². The van der Waals surface area contributed by atoms with Gasteiger partial charge in [0.1, 0.15) is 11.8 Å². The highest BCUT2D eigenvalue weighted by molar-refractivity contribution is 7.89. The van der Waals surface area contributed by atoms with Gasteiger partial charge in [-0.1, -0.05) is 59.6 Å². The van der Waals surface area contributed by atoms with Crippen molar-refractivity contribution in [3.63, 3.8) is 0 Å². The molecule has 1 atom stereocenters. The lowest BCUT2D eigenvalue weighted by molar-refractivity contribution is -0.117. The summed E-state index contributed by atoms with van der Waals surface area (Å²) in [6.45, 7) is 4.16. The lowest BCUT2D eigenvalue weighted by atomic mass is 10.1. The van der Waals surface area contributed by atoms with E-state index in [2.05, 4.69) is 10.0 Å². The zero-order chi connectivity index (χ0) is 23.1. The maximum Gasteiger partial charge on any atom is 0.242 e. The first-order valence-electron chi connectivity index (χ1n) is 10.1. The van der Waals surface area contributed by atoms with Crippen LogP contribution in [0.2, 0.25) is 5.02 Å². The van der Waals surface area contributed by atoms with Crippen LogP contribution in [0.5, 0.6) is 5.75 Å². The average Bonchev–Trinajstić information content (AvgIpc) is 2.77. The number of ether oxygens (including phenoxy) is 1. The lowest BCUT2D eigenvalue weighted by Crippen LogP contribution is -2.45. The van der Waals surface area contributed by atoms with Gasteiger partial charge in [-0.05, 0) is 56.2 Å². The van der Waals surface area contributed by atoms with Gasteiger partial charge in [-0.2, -0.15) is 4.72 Å². The minimum Gasteiger partial charge on any atom is -0.492 e. The van der Waals surface area contributed by atoms with E-state index in [1.165, 1.54) is 18.2 Å². The van der Waals surface area contributed by atoms with Crippen LogP contribution in [0, 0.1) is 6.92 Å². The van der Waals surface area contributed by atoms with E-state index in [0.717, 1.165) is 11.1 Å². The molecule has 168 valence electrons. The van der Waals surface area contributed by atoms with Crippen LogP contribution in [0.25, 0.3) is 0 Å². The molecule has 2 N–H and O–H groups in total. The number of hydrogen-bond donors (Lipinski definition) is 2. The van der Waals surface area contributed by atoms with Gasteiger partial charge in [0.25, 0.3) is 0 Å². The molecule has 8 heteroatoms. The van der Waals surface area contributed by atoms with E-state index in [4.69, 9.17) is 16.3 Å². The van der Waals surface area contributed by atoms with Crippen molar-refractivity contribution >= 4 is 33.2 Å². The van der Waals surface area contributed by atoms with Crippen LogP contribution >= 0.6 is 11.6 Å². The van der Waals surface area contributed by atoms with Crippen LogP contribution in [-0.2, 0) is 21.2 Å². The van der Waals surface area contributed by atoms with Gasteiger partial charge >= 0.3 is 0 Å². The van der Waals surface area contributed by atoms with Crippen molar-refractivity contribution in [2.75, 3.05) is 11.9 Å². The summed E-state index contributed by atoms with van der Waals surface area (Å²) in [4.78, 5) is 13.0. The normalized spacial score (nSPS) is 12.2. The third kappa shape index (κ3) is 6.32. The number of benzene rings is 3. The van der Waals surface area contributed by atoms with Crippen LogP contribution in [-0.4, -0.2) is 27.0 Å². The molecule has 0 saturated carbocycles. The molecule has 0 fully saturated rings. The molecule has 1 unspecified atom stereocenters. The van der Waals surface area contributed by atoms with Gasteiger partial charge in [0.05, 0.1) is 16.5 Å². The Morgan fingerprint density at radius 2 is 1.72 bits per heavy atom. The predicted molar refractivity (Wildman–Crippen MR) is 127 cm³/mol. The summed E-state index contributed by atoms with van der Waals surface area (Å²) in [6.07, 6.45) is 0.183. The highest BCUT2D eigenvalue weighted by Crippen LogP contribution is 2.27. The second kappa shape index (κ2) is 10.6. The summed E-state index contributed by atoms with van der Waals surface area (Å²) in [5.41, 5.74) is 2.46. The van der Waals surface area contributed by atoms with E-state index in [1.54, 1.807) is 12.1 Å². The number of aryl methyl sites for hydroxylation is 1. The number of carbonyl (C=O) groups is 1. The summed E-state index contributed by atoms with van der Waals surface area (Å²) in [5, 5.41) is 2.97. The van der Waals surface area contributed by atoms with Gasteiger partial charge in [-0.15, -0.1) is 0 Å². The zero-order valence-electron chi connectivity index (χ0n) is 17.8. The molecule has 6 nitrogen and oxygen atoms in total. The third-order valence-corrected chi connectivity index (χ3v) is 6.49. The topological polar surface area (TPSA) is 84.5 Å². The summed E-state index contributed by atoms with van der Waals surface area (Å²) in [6, 6.07) is 19.7. The maximum atomic E-state index is 13.1. The number of rotatable bonds is 9. The fourth-order valence-corrected chi connectivity index (χ4v) is 4.60. The Morgan fingerprint density at radius 3 is 2.34 bits per heavy atom. The Labute approximate surface area is 193 Å². The summed E-state index contributed by atoms with van der Waals surface area (Å²) in [7, 11) is -4.03. The molecule has 0 radical (unpaired) electrons. The smallest absolute Gasteiger partial charge is 0.242 e. The monoisotopic (exact) mass is 472 g/mol. The Bertz CT molecular complexity index is 1170. The van der Waals surface area contributed by atoms with Gasteiger partial charge in [0.2, 0.25) is 15.9 Å². The van der Waals surface area contributed by atoms with Gasteiger partial charge in [0, 0.05) is 5.69 Å². The molecule has 0 bridgehead atoms. The van der Waals surface area contributed by atoms with Gasteiger partial charge in [-0.3, -0.25) is 4.79 Å². The van der Waals surface area contributed by atoms with Crippen molar-refractivity contribution in [1.82, 2.24) is 4.72 Å². The molecule has 0 aromatic heterocycles. The minimum absolute atomic E-state index is 0.0489. The molecule has 1 amide bonds. The first-order valence-corrected chi connectivity index (χ1v) is 12.0. The van der Waals surface area contributed by atoms with E-state index in [-0.39, 0.29) is 16.3 Å². The Balaban J connectivity index is 1.86. The molecule has 3 aromatic carbocycles. The molecule has 3 aromatic rings. The summed E-state index contributed by atoms with van der Waals surface area (Å²) >= 11 is 6.17. The molecule has 32 heavy (non-hydrogen) atoms. The quantitative estimate of drug-likeness (QED) is 0.477. The second-order valence-electron chi connectivity index (χ2n) is 7.24. The molecule has 0 aliphatic rings. The molecule has 0 spiro atoms. The van der Waals surface area contributed by atoms with Crippen LogP contribution in [0.1, 0.15) is 18.1 Å². The molecule has 3 rings (SSSR count). The fourth-order valence-electron chi connectivity index (χ4n) is 3.08. The average molecular weight is 473 g/mol. The number of carbonyl (C=O) groups excluding carboxylic acids is 1. The lowest BCUT2D eigenvalue weighted by Gasteiger charge is -2.19. The molecular formula is C24H25ClN2O4S. The number of sulfonamides is 1. The summed E-state index contributed by atoms with van der Waals surface area (Å²) in [5.74, 6) is -0.0654. The molecular weight excluding hydrogens is 448 g/mol. The first kappa shape index (κ1) is 23.8. The van der Waals surface area contributed by atoms with Crippen molar-refractivity contribution in [3.8, 4) is 5.75 Å². The van der Waals surface area contributed by atoms with Crippen LogP contribution in [0.3, 0.4) is 0 Å². The first-order chi connectivity index (χ1) is 15.3. The minimum atomic E-state index is -4.03. The fraction of sp³-hybridized carbons (Fsp3) is 0.208. The van der Waals surface area contributed by atoms with Crippen molar-refractivity contribution in [3.05, 3.63) is 88.9 Å². The van der Waals surface area contributed by atoms with E-state index in [9.17, 15) is 13.2 Å². The van der Waals surface area contributed by atoms with Crippen LogP contribution < -0.4 is 14.8 Å². The molecule has 0 aliphatic carbocycles. The maximum absolute atomic E-state index is 13.1. The van der Waals surface area contributed by atoms with Crippen molar-refractivity contribution in [2.45, 2.75) is 31.2 Å². The van der Waals surface area contributed by atoms with Gasteiger partial charge in [-0.25, -0.2) is 8.42 Å². The van der Waals surface area contributed by atoms with E-state index >= 15 is 0 Å². The number of hydrogen-bond acceptors (Lipinski definition) is 4. The zero-order valence-corrected chi connectivity index (χ0v) is 19.4. The standard InChI is InChI=1S/C24H25ClN2O4S/c1-3-31-23-14-13-20(16-21(23)25)32(29,30)27-22(15-18-7-5-4-6-8-18)24(28)26-19-11-9-17(2)10-12-19/h4-14,16,22,27H,3,15H2,1-2H3,(H,26,28). The van der Waals surface area contributed by atoms with E-state index in [0.29, 0.717) is 18.0 Å². The predicted octanol–water partition coefficient (Wildman–Crippen LogP) is 4.58. The second-order valence-corrected chi connectivity index (χ2v) is 9.37. The van der Waals surface area contributed by atoms with Crippen molar-refractivity contribution < 1.29 is 17.9 Å². The summed E-state index contributed by atoms with van der Waals surface area (Å²) < 4.78 is 34.0. The molecule has 0 heterocycles. The molecule has 0 saturated heterocycles. The highest BCUT2D eigenvalue weighted by Gasteiger charge is 2.27.